The van der Waals surface area contributed by atoms with Crippen molar-refractivity contribution < 1.29 is 4.79 Å². The number of piperazine rings is 1. The van der Waals surface area contributed by atoms with Crippen LogP contribution in [0.25, 0.3) is 11.0 Å². The van der Waals surface area contributed by atoms with Crippen molar-refractivity contribution in [3.05, 3.63) is 29.5 Å². The van der Waals surface area contributed by atoms with Crippen LogP contribution in [0, 0.1) is 19.8 Å². The lowest BCUT2D eigenvalue weighted by Gasteiger charge is -2.35. The summed E-state index contributed by atoms with van der Waals surface area (Å²) in [5.74, 6) is 1.63. The monoisotopic (exact) mass is 310 g/mol. The lowest BCUT2D eigenvalue weighted by atomic mass is 10.1. The van der Waals surface area contributed by atoms with E-state index in [0.717, 1.165) is 61.6 Å². The van der Waals surface area contributed by atoms with Crippen molar-refractivity contribution in [3.63, 3.8) is 0 Å². The van der Waals surface area contributed by atoms with Crippen LogP contribution in [0.2, 0.25) is 0 Å². The number of pyridine rings is 2. The van der Waals surface area contributed by atoms with Crippen LogP contribution in [0.3, 0.4) is 0 Å². The van der Waals surface area contributed by atoms with Crippen molar-refractivity contribution in [1.29, 1.82) is 0 Å². The number of carbonyl (C=O) groups excluding carboxylic acids is 1. The van der Waals surface area contributed by atoms with E-state index in [2.05, 4.69) is 35.0 Å². The maximum absolute atomic E-state index is 12.1. The van der Waals surface area contributed by atoms with Gasteiger partial charge in [-0.3, -0.25) is 4.79 Å². The Labute approximate surface area is 136 Å². The second-order valence-electron chi connectivity index (χ2n) is 6.71. The number of aryl methyl sites for hydroxylation is 2. The number of rotatable bonds is 2. The van der Waals surface area contributed by atoms with E-state index in [-0.39, 0.29) is 0 Å². The molecule has 4 rings (SSSR count). The Kier molecular flexibility index (Phi) is 3.43. The summed E-state index contributed by atoms with van der Waals surface area (Å²) in [4.78, 5) is 25.7. The van der Waals surface area contributed by atoms with Crippen LogP contribution in [0.5, 0.6) is 0 Å². The molecule has 1 amide bonds. The zero-order chi connectivity index (χ0) is 16.0. The number of nitrogens with zero attached hydrogens (tertiary/aromatic N) is 4. The molecule has 5 nitrogen and oxygen atoms in total. The van der Waals surface area contributed by atoms with Crippen molar-refractivity contribution >= 4 is 22.8 Å². The van der Waals surface area contributed by atoms with Crippen molar-refractivity contribution in [2.75, 3.05) is 31.1 Å². The largest absolute Gasteiger partial charge is 0.353 e. The molecule has 0 atom stereocenters. The van der Waals surface area contributed by atoms with Crippen LogP contribution in [-0.2, 0) is 4.79 Å². The van der Waals surface area contributed by atoms with Gasteiger partial charge in [0.25, 0.3) is 0 Å². The van der Waals surface area contributed by atoms with Gasteiger partial charge in [-0.05, 0) is 50.5 Å². The standard InChI is InChI=1S/C18H22N4O/c1-12-11-13(2)19-17-15(12)5-6-16(20-17)21-7-9-22(10-8-21)18(23)14-3-4-14/h5-6,11,14H,3-4,7-10H2,1-2H3. The molecule has 3 heterocycles. The number of carbonyl (C=O) groups is 1. The van der Waals surface area contributed by atoms with Crippen molar-refractivity contribution in [3.8, 4) is 0 Å². The highest BCUT2D eigenvalue weighted by atomic mass is 16.2. The molecule has 1 aliphatic heterocycles. The predicted octanol–water partition coefficient (Wildman–Crippen LogP) is 2.31. The number of hydrogen-bond donors (Lipinski definition) is 0. The summed E-state index contributed by atoms with van der Waals surface area (Å²) < 4.78 is 0. The van der Waals surface area contributed by atoms with E-state index in [4.69, 9.17) is 4.98 Å². The van der Waals surface area contributed by atoms with E-state index in [1.54, 1.807) is 0 Å². The number of hydrogen-bond acceptors (Lipinski definition) is 4. The average Bonchev–Trinajstić information content (AvgIpc) is 3.38. The van der Waals surface area contributed by atoms with Gasteiger partial charge in [-0.15, -0.1) is 0 Å². The minimum atomic E-state index is 0.315. The molecule has 0 radical (unpaired) electrons. The highest BCUT2D eigenvalue weighted by Gasteiger charge is 2.34. The van der Waals surface area contributed by atoms with Crippen LogP contribution in [0.1, 0.15) is 24.1 Å². The average molecular weight is 310 g/mol. The molecule has 2 aromatic heterocycles. The first-order valence-electron chi connectivity index (χ1n) is 8.40. The predicted molar refractivity (Wildman–Crippen MR) is 90.5 cm³/mol. The summed E-state index contributed by atoms with van der Waals surface area (Å²) in [7, 11) is 0. The van der Waals surface area contributed by atoms with Gasteiger partial charge in [-0.2, -0.15) is 0 Å². The lowest BCUT2D eigenvalue weighted by Crippen LogP contribution is -2.49. The van der Waals surface area contributed by atoms with Crippen LogP contribution < -0.4 is 4.90 Å². The minimum absolute atomic E-state index is 0.315. The first kappa shape index (κ1) is 14.4. The summed E-state index contributed by atoms with van der Waals surface area (Å²) >= 11 is 0. The maximum atomic E-state index is 12.1. The molecule has 1 aliphatic carbocycles. The third-order valence-electron chi connectivity index (χ3n) is 4.83. The molecule has 2 fully saturated rings. The minimum Gasteiger partial charge on any atom is -0.353 e. The van der Waals surface area contributed by atoms with Gasteiger partial charge in [0.15, 0.2) is 5.65 Å². The summed E-state index contributed by atoms with van der Waals surface area (Å²) in [5, 5.41) is 1.11. The van der Waals surface area contributed by atoms with Crippen molar-refractivity contribution in [2.24, 2.45) is 5.92 Å². The molecule has 23 heavy (non-hydrogen) atoms. The quantitative estimate of drug-likeness (QED) is 0.854. The van der Waals surface area contributed by atoms with Crippen LogP contribution in [-0.4, -0.2) is 47.0 Å². The Hall–Kier alpha value is -2.17. The molecular formula is C18H22N4O. The fourth-order valence-electron chi connectivity index (χ4n) is 3.34. The molecule has 5 heteroatoms. The first-order chi connectivity index (χ1) is 11.1. The second-order valence-corrected chi connectivity index (χ2v) is 6.71. The molecule has 0 N–H and O–H groups in total. The highest BCUT2D eigenvalue weighted by molar-refractivity contribution is 5.82. The molecule has 0 bridgehead atoms. The maximum Gasteiger partial charge on any atom is 0.225 e. The van der Waals surface area contributed by atoms with Gasteiger partial charge in [0.2, 0.25) is 5.91 Å². The molecule has 1 saturated heterocycles. The van der Waals surface area contributed by atoms with Crippen LogP contribution in [0.15, 0.2) is 18.2 Å². The number of anilines is 1. The smallest absolute Gasteiger partial charge is 0.225 e. The van der Waals surface area contributed by atoms with Crippen molar-refractivity contribution in [2.45, 2.75) is 26.7 Å². The molecule has 1 saturated carbocycles. The molecule has 120 valence electrons. The van der Waals surface area contributed by atoms with E-state index in [9.17, 15) is 4.79 Å². The second kappa shape index (κ2) is 5.48. The molecule has 0 aromatic carbocycles. The SMILES string of the molecule is Cc1cc(C)c2ccc(N3CCN(C(=O)C4CC4)CC3)nc2n1. The van der Waals surface area contributed by atoms with Gasteiger partial charge in [0.05, 0.1) is 0 Å². The fraction of sp³-hybridized carbons (Fsp3) is 0.500. The van der Waals surface area contributed by atoms with E-state index >= 15 is 0 Å². The summed E-state index contributed by atoms with van der Waals surface area (Å²) in [6, 6.07) is 6.28. The first-order valence-corrected chi connectivity index (χ1v) is 8.40. The highest BCUT2D eigenvalue weighted by Crippen LogP contribution is 2.31. The van der Waals surface area contributed by atoms with Gasteiger partial charge in [-0.25, -0.2) is 9.97 Å². The molecule has 2 aliphatic rings. The summed E-state index contributed by atoms with van der Waals surface area (Å²) in [5.41, 5.74) is 3.03. The molecule has 0 spiro atoms. The number of fused-ring (bicyclic) bond motifs is 1. The topological polar surface area (TPSA) is 49.3 Å². The zero-order valence-electron chi connectivity index (χ0n) is 13.7. The van der Waals surface area contributed by atoms with Gasteiger partial charge in [0, 0.05) is 43.2 Å². The van der Waals surface area contributed by atoms with Gasteiger partial charge in [0.1, 0.15) is 5.82 Å². The third-order valence-corrected chi connectivity index (χ3v) is 4.83. The normalized spacial score (nSPS) is 18.5. The molecule has 0 unspecified atom stereocenters. The lowest BCUT2D eigenvalue weighted by molar-refractivity contribution is -0.132. The Morgan fingerprint density at radius 3 is 2.52 bits per heavy atom. The van der Waals surface area contributed by atoms with Crippen LogP contribution in [0.4, 0.5) is 5.82 Å². The van der Waals surface area contributed by atoms with Gasteiger partial charge >= 0.3 is 0 Å². The van der Waals surface area contributed by atoms with Gasteiger partial charge in [-0.1, -0.05) is 0 Å². The van der Waals surface area contributed by atoms with Crippen molar-refractivity contribution in [1.82, 2.24) is 14.9 Å². The zero-order valence-corrected chi connectivity index (χ0v) is 13.7. The number of aromatic nitrogens is 2. The Morgan fingerprint density at radius 1 is 1.09 bits per heavy atom. The Balaban J connectivity index is 1.52. The fourth-order valence-corrected chi connectivity index (χ4v) is 3.34. The number of amides is 1. The summed E-state index contributed by atoms with van der Waals surface area (Å²) in [6.07, 6.45) is 2.16. The third kappa shape index (κ3) is 2.76. The van der Waals surface area contributed by atoms with E-state index in [1.807, 2.05) is 11.8 Å². The van der Waals surface area contributed by atoms with E-state index < -0.39 is 0 Å². The molecule has 2 aromatic rings. The molecular weight excluding hydrogens is 288 g/mol. The Bertz CT molecular complexity index is 761. The van der Waals surface area contributed by atoms with E-state index in [1.165, 1.54) is 5.56 Å². The van der Waals surface area contributed by atoms with Crippen LogP contribution >= 0.6 is 0 Å². The summed E-state index contributed by atoms with van der Waals surface area (Å²) in [6.45, 7) is 7.40. The van der Waals surface area contributed by atoms with E-state index in [0.29, 0.717) is 11.8 Å². The van der Waals surface area contributed by atoms with Gasteiger partial charge < -0.3 is 9.80 Å². The Morgan fingerprint density at radius 2 is 1.83 bits per heavy atom.